The lowest BCUT2D eigenvalue weighted by Crippen LogP contribution is -2.39. The van der Waals surface area contributed by atoms with Crippen molar-refractivity contribution >= 4 is 11.8 Å². The van der Waals surface area contributed by atoms with Crippen molar-refractivity contribution in [2.75, 3.05) is 19.6 Å². The van der Waals surface area contributed by atoms with Gasteiger partial charge in [-0.15, -0.1) is 0 Å². The molecular formula is C27H34N6O3. The Balaban J connectivity index is 1.37. The lowest BCUT2D eigenvalue weighted by Gasteiger charge is -2.29. The third kappa shape index (κ3) is 5.20. The predicted octanol–water partition coefficient (Wildman–Crippen LogP) is 3.68. The molecule has 36 heavy (non-hydrogen) atoms. The van der Waals surface area contributed by atoms with E-state index in [-0.39, 0.29) is 11.8 Å². The van der Waals surface area contributed by atoms with Gasteiger partial charge in [0.25, 0.3) is 11.8 Å². The monoisotopic (exact) mass is 490 g/mol. The van der Waals surface area contributed by atoms with Gasteiger partial charge in [0.2, 0.25) is 0 Å². The molecule has 0 aromatic carbocycles. The molecule has 3 aromatic heterocycles. The van der Waals surface area contributed by atoms with Crippen LogP contribution in [0.1, 0.15) is 82.6 Å². The number of carbonyl (C=O) groups excluding carboxylic acids is 2. The zero-order valence-corrected chi connectivity index (χ0v) is 21.0. The fourth-order valence-electron chi connectivity index (χ4n) is 5.19. The number of hydrogen-bond acceptors (Lipinski definition) is 6. The van der Waals surface area contributed by atoms with Gasteiger partial charge < -0.3 is 14.3 Å². The van der Waals surface area contributed by atoms with Crippen LogP contribution in [0, 0.1) is 0 Å². The van der Waals surface area contributed by atoms with Gasteiger partial charge >= 0.3 is 0 Å². The highest BCUT2D eigenvalue weighted by Crippen LogP contribution is 2.26. The average molecular weight is 491 g/mol. The molecule has 1 saturated heterocycles. The van der Waals surface area contributed by atoms with E-state index in [1.807, 2.05) is 21.8 Å². The van der Waals surface area contributed by atoms with Crippen LogP contribution < -0.4 is 0 Å². The molecule has 0 unspecified atom stereocenters. The van der Waals surface area contributed by atoms with Crippen molar-refractivity contribution in [3.05, 3.63) is 64.6 Å². The van der Waals surface area contributed by atoms with Crippen LogP contribution in [0.4, 0.5) is 0 Å². The second kappa shape index (κ2) is 11.1. The summed E-state index contributed by atoms with van der Waals surface area (Å²) in [5.41, 5.74) is 3.96. The first-order valence-corrected chi connectivity index (χ1v) is 13.2. The minimum atomic E-state index is -0.160. The van der Waals surface area contributed by atoms with Crippen LogP contribution in [0.25, 0.3) is 0 Å². The second-order valence-electron chi connectivity index (χ2n) is 9.72. The van der Waals surface area contributed by atoms with Crippen molar-refractivity contribution in [1.82, 2.24) is 29.7 Å². The standard InChI is InChI=1S/C27H34N6O3/c1-2-8-21-17-23(30-36-21)26(34)32-16-11-24-22(19-32)25(27(35)31-13-4-3-5-14-31)29-33(24)15-7-10-20-9-6-12-28-18-20/h6,9,12,17-18H,2-5,7-8,10-11,13-16,19H2,1H3. The Hall–Kier alpha value is -3.49. The Bertz CT molecular complexity index is 1200. The third-order valence-corrected chi connectivity index (χ3v) is 7.10. The molecule has 0 saturated carbocycles. The first kappa shape index (κ1) is 24.2. The molecule has 2 amide bonds. The molecule has 1 fully saturated rings. The maximum absolute atomic E-state index is 13.5. The van der Waals surface area contributed by atoms with Gasteiger partial charge in [0.1, 0.15) is 5.76 Å². The van der Waals surface area contributed by atoms with Gasteiger partial charge in [-0.3, -0.25) is 19.3 Å². The van der Waals surface area contributed by atoms with Crippen LogP contribution in [0.3, 0.4) is 0 Å². The van der Waals surface area contributed by atoms with Crippen LogP contribution in [0.2, 0.25) is 0 Å². The normalized spacial score (nSPS) is 15.7. The molecule has 2 aliphatic rings. The summed E-state index contributed by atoms with van der Waals surface area (Å²) in [6.07, 6.45) is 11.0. The van der Waals surface area contributed by atoms with Crippen LogP contribution in [-0.4, -0.2) is 61.2 Å². The summed E-state index contributed by atoms with van der Waals surface area (Å²) >= 11 is 0. The minimum absolute atomic E-state index is 0.0158. The van der Waals surface area contributed by atoms with Crippen LogP contribution in [0.15, 0.2) is 35.1 Å². The lowest BCUT2D eigenvalue weighted by molar-refractivity contribution is 0.0692. The highest BCUT2D eigenvalue weighted by molar-refractivity contribution is 5.95. The van der Waals surface area contributed by atoms with Gasteiger partial charge in [-0.1, -0.05) is 18.1 Å². The molecule has 9 nitrogen and oxygen atoms in total. The summed E-state index contributed by atoms with van der Waals surface area (Å²) < 4.78 is 7.33. The summed E-state index contributed by atoms with van der Waals surface area (Å²) in [6, 6.07) is 5.77. The number of likely N-dealkylation sites (tertiary alicyclic amines) is 1. The van der Waals surface area contributed by atoms with E-state index in [1.54, 1.807) is 17.2 Å². The van der Waals surface area contributed by atoms with Gasteiger partial charge in [-0.2, -0.15) is 5.10 Å². The van der Waals surface area contributed by atoms with Crippen LogP contribution in [-0.2, 0) is 32.4 Å². The van der Waals surface area contributed by atoms with E-state index < -0.39 is 0 Å². The SMILES string of the molecule is CCCc1cc(C(=O)N2CCc3c(c(C(=O)N4CCCCC4)nn3CCCc3cccnc3)C2)no1. The zero-order chi connectivity index (χ0) is 24.9. The van der Waals surface area contributed by atoms with E-state index >= 15 is 0 Å². The number of hydrogen-bond donors (Lipinski definition) is 0. The second-order valence-corrected chi connectivity index (χ2v) is 9.72. The van der Waals surface area contributed by atoms with Crippen molar-refractivity contribution in [2.45, 2.75) is 71.4 Å². The molecule has 3 aromatic rings. The largest absolute Gasteiger partial charge is 0.361 e. The van der Waals surface area contributed by atoms with E-state index in [1.165, 1.54) is 5.56 Å². The average Bonchev–Trinajstić information content (AvgIpc) is 3.54. The number of carbonyl (C=O) groups is 2. The molecular weight excluding hydrogens is 456 g/mol. The summed E-state index contributed by atoms with van der Waals surface area (Å²) in [5.74, 6) is 0.548. The van der Waals surface area contributed by atoms with E-state index in [0.29, 0.717) is 30.9 Å². The molecule has 0 aliphatic carbocycles. The first-order chi connectivity index (χ1) is 17.6. The number of pyridine rings is 1. The number of aryl methyl sites for hydroxylation is 3. The zero-order valence-electron chi connectivity index (χ0n) is 21.0. The number of nitrogens with zero attached hydrogens (tertiary/aromatic N) is 6. The van der Waals surface area contributed by atoms with Gasteiger partial charge in [0.05, 0.1) is 6.54 Å². The fourth-order valence-corrected chi connectivity index (χ4v) is 5.19. The first-order valence-electron chi connectivity index (χ1n) is 13.2. The van der Waals surface area contributed by atoms with Gasteiger partial charge in [-0.25, -0.2) is 0 Å². The van der Waals surface area contributed by atoms with E-state index in [9.17, 15) is 9.59 Å². The molecule has 9 heteroatoms. The third-order valence-electron chi connectivity index (χ3n) is 7.10. The molecule has 0 radical (unpaired) electrons. The van der Waals surface area contributed by atoms with E-state index in [0.717, 1.165) is 81.6 Å². The van der Waals surface area contributed by atoms with Crippen molar-refractivity contribution in [3.63, 3.8) is 0 Å². The summed E-state index contributed by atoms with van der Waals surface area (Å²) in [7, 11) is 0. The van der Waals surface area contributed by atoms with Gasteiger partial charge in [-0.05, 0) is 50.2 Å². The highest BCUT2D eigenvalue weighted by atomic mass is 16.5. The van der Waals surface area contributed by atoms with Crippen molar-refractivity contribution in [1.29, 1.82) is 0 Å². The molecule has 5 rings (SSSR count). The number of rotatable bonds is 8. The lowest BCUT2D eigenvalue weighted by atomic mass is 10.0. The summed E-state index contributed by atoms with van der Waals surface area (Å²) in [5, 5.41) is 8.83. The van der Waals surface area contributed by atoms with E-state index in [2.05, 4.69) is 23.1 Å². The number of piperidine rings is 1. The predicted molar refractivity (Wildman–Crippen MR) is 133 cm³/mol. The number of aromatic nitrogens is 4. The smallest absolute Gasteiger partial charge is 0.276 e. The highest BCUT2D eigenvalue weighted by Gasteiger charge is 2.33. The number of fused-ring (bicyclic) bond motifs is 1. The van der Waals surface area contributed by atoms with Gasteiger partial charge in [0, 0.05) is 68.7 Å². The fraction of sp³-hybridized carbons (Fsp3) is 0.519. The summed E-state index contributed by atoms with van der Waals surface area (Å²) in [6.45, 7) is 5.25. The maximum Gasteiger partial charge on any atom is 0.276 e. The Morgan fingerprint density at radius 3 is 2.69 bits per heavy atom. The Morgan fingerprint density at radius 1 is 1.06 bits per heavy atom. The quantitative estimate of drug-likeness (QED) is 0.478. The molecule has 190 valence electrons. The Labute approximate surface area is 211 Å². The van der Waals surface area contributed by atoms with Crippen LogP contribution >= 0.6 is 0 Å². The molecule has 0 bridgehead atoms. The Kier molecular flexibility index (Phi) is 7.44. The number of amides is 2. The van der Waals surface area contributed by atoms with Crippen molar-refractivity contribution < 1.29 is 14.1 Å². The maximum atomic E-state index is 13.5. The van der Waals surface area contributed by atoms with E-state index in [4.69, 9.17) is 9.62 Å². The van der Waals surface area contributed by atoms with Crippen molar-refractivity contribution in [2.24, 2.45) is 0 Å². The van der Waals surface area contributed by atoms with Gasteiger partial charge in [0.15, 0.2) is 11.4 Å². The molecule has 5 heterocycles. The summed E-state index contributed by atoms with van der Waals surface area (Å²) in [4.78, 5) is 34.6. The molecule has 0 N–H and O–H groups in total. The molecule has 2 aliphatic heterocycles. The van der Waals surface area contributed by atoms with Crippen LogP contribution in [0.5, 0.6) is 0 Å². The topological polar surface area (TPSA) is 97.4 Å². The molecule has 0 atom stereocenters. The minimum Gasteiger partial charge on any atom is -0.361 e. The Morgan fingerprint density at radius 2 is 1.92 bits per heavy atom. The molecule has 0 spiro atoms. The van der Waals surface area contributed by atoms with Crippen molar-refractivity contribution in [3.8, 4) is 0 Å².